The molecule has 1 saturated heterocycles. The van der Waals surface area contributed by atoms with Crippen LogP contribution in [0.3, 0.4) is 0 Å². The van der Waals surface area contributed by atoms with E-state index in [9.17, 15) is 0 Å². The number of terminal acetylenes is 1. The highest BCUT2D eigenvalue weighted by Crippen LogP contribution is 2.05. The van der Waals surface area contributed by atoms with Crippen molar-refractivity contribution in [3.63, 3.8) is 0 Å². The molecule has 1 rings (SSSR count). The number of unbranched alkanes of at least 4 members (excludes halogenated alkanes) is 1. The SMILES string of the molecule is C#CCCCNCC1CCCCN1. The Morgan fingerprint density at radius 3 is 3.08 bits per heavy atom. The Labute approximate surface area is 81.5 Å². The van der Waals surface area contributed by atoms with Crippen LogP contribution in [-0.4, -0.2) is 25.7 Å². The molecule has 1 aliphatic rings. The van der Waals surface area contributed by atoms with Gasteiger partial charge in [0.2, 0.25) is 0 Å². The van der Waals surface area contributed by atoms with Gasteiger partial charge in [0.05, 0.1) is 0 Å². The topological polar surface area (TPSA) is 24.1 Å². The zero-order chi connectivity index (χ0) is 9.36. The Morgan fingerprint density at radius 2 is 2.38 bits per heavy atom. The van der Waals surface area contributed by atoms with Gasteiger partial charge in [0.15, 0.2) is 0 Å². The minimum Gasteiger partial charge on any atom is -0.315 e. The van der Waals surface area contributed by atoms with Crippen molar-refractivity contribution in [3.05, 3.63) is 0 Å². The molecule has 0 amide bonds. The molecule has 0 saturated carbocycles. The lowest BCUT2D eigenvalue weighted by atomic mass is 10.1. The lowest BCUT2D eigenvalue weighted by Crippen LogP contribution is -2.41. The minimum atomic E-state index is 0.694. The molecular weight excluding hydrogens is 160 g/mol. The third-order valence-corrected chi connectivity index (χ3v) is 2.48. The molecule has 1 fully saturated rings. The molecule has 0 aromatic heterocycles. The normalized spacial score (nSPS) is 22.5. The number of hydrogen-bond donors (Lipinski definition) is 2. The van der Waals surface area contributed by atoms with E-state index in [1.807, 2.05) is 0 Å². The van der Waals surface area contributed by atoms with Crippen molar-refractivity contribution in [1.82, 2.24) is 10.6 Å². The maximum atomic E-state index is 5.16. The first kappa shape index (κ1) is 10.6. The Hall–Kier alpha value is -0.520. The predicted octanol–water partition coefficient (Wildman–Crippen LogP) is 1.13. The van der Waals surface area contributed by atoms with Gasteiger partial charge in [0.1, 0.15) is 0 Å². The smallest absolute Gasteiger partial charge is 0.0192 e. The van der Waals surface area contributed by atoms with Crippen LogP contribution >= 0.6 is 0 Å². The van der Waals surface area contributed by atoms with E-state index in [4.69, 9.17) is 6.42 Å². The van der Waals surface area contributed by atoms with Crippen molar-refractivity contribution in [2.75, 3.05) is 19.6 Å². The average molecular weight is 180 g/mol. The molecular formula is C11H20N2. The maximum Gasteiger partial charge on any atom is 0.0192 e. The summed E-state index contributed by atoms with van der Waals surface area (Å²) in [6, 6.07) is 0.694. The third kappa shape index (κ3) is 4.92. The minimum absolute atomic E-state index is 0.694. The molecule has 1 aliphatic heterocycles. The Bertz CT molecular complexity index is 154. The molecule has 2 N–H and O–H groups in total. The third-order valence-electron chi connectivity index (χ3n) is 2.48. The molecule has 74 valence electrons. The Morgan fingerprint density at radius 1 is 1.46 bits per heavy atom. The van der Waals surface area contributed by atoms with Gasteiger partial charge in [-0.25, -0.2) is 0 Å². The van der Waals surface area contributed by atoms with Crippen LogP contribution in [0, 0.1) is 12.3 Å². The van der Waals surface area contributed by atoms with Gasteiger partial charge in [-0.1, -0.05) is 6.42 Å². The fourth-order valence-corrected chi connectivity index (χ4v) is 1.69. The molecule has 13 heavy (non-hydrogen) atoms. The summed E-state index contributed by atoms with van der Waals surface area (Å²) < 4.78 is 0. The highest BCUT2D eigenvalue weighted by atomic mass is 15.0. The molecule has 1 heterocycles. The first-order chi connectivity index (χ1) is 6.43. The van der Waals surface area contributed by atoms with Gasteiger partial charge < -0.3 is 10.6 Å². The second-order valence-corrected chi connectivity index (χ2v) is 3.66. The van der Waals surface area contributed by atoms with Crippen LogP contribution in [0.5, 0.6) is 0 Å². The van der Waals surface area contributed by atoms with Crippen molar-refractivity contribution in [2.24, 2.45) is 0 Å². The van der Waals surface area contributed by atoms with Gasteiger partial charge in [-0.2, -0.15) is 0 Å². The number of piperidine rings is 1. The molecule has 0 aromatic carbocycles. The quantitative estimate of drug-likeness (QED) is 0.489. The number of hydrogen-bond acceptors (Lipinski definition) is 2. The molecule has 0 bridgehead atoms. The van der Waals surface area contributed by atoms with Crippen molar-refractivity contribution >= 4 is 0 Å². The molecule has 0 spiro atoms. The molecule has 2 nitrogen and oxygen atoms in total. The fourth-order valence-electron chi connectivity index (χ4n) is 1.69. The number of nitrogens with one attached hydrogen (secondary N) is 2. The van der Waals surface area contributed by atoms with Crippen LogP contribution in [0.25, 0.3) is 0 Å². The van der Waals surface area contributed by atoms with Crippen molar-refractivity contribution < 1.29 is 0 Å². The lowest BCUT2D eigenvalue weighted by Gasteiger charge is -2.23. The molecule has 0 aromatic rings. The van der Waals surface area contributed by atoms with E-state index < -0.39 is 0 Å². The fraction of sp³-hybridized carbons (Fsp3) is 0.818. The first-order valence-electron chi connectivity index (χ1n) is 5.31. The number of rotatable bonds is 5. The van der Waals surface area contributed by atoms with Crippen LogP contribution in [0.4, 0.5) is 0 Å². The van der Waals surface area contributed by atoms with E-state index in [1.54, 1.807) is 0 Å². The van der Waals surface area contributed by atoms with Crippen LogP contribution in [0.2, 0.25) is 0 Å². The molecule has 1 atom stereocenters. The lowest BCUT2D eigenvalue weighted by molar-refractivity contribution is 0.383. The Balaban J connectivity index is 1.90. The predicted molar refractivity (Wildman–Crippen MR) is 56.6 cm³/mol. The summed E-state index contributed by atoms with van der Waals surface area (Å²) in [5, 5.41) is 6.94. The van der Waals surface area contributed by atoms with Gasteiger partial charge in [-0.15, -0.1) is 12.3 Å². The van der Waals surface area contributed by atoms with Crippen molar-refractivity contribution in [1.29, 1.82) is 0 Å². The van der Waals surface area contributed by atoms with E-state index >= 15 is 0 Å². The van der Waals surface area contributed by atoms with Crippen molar-refractivity contribution in [3.8, 4) is 12.3 Å². The summed E-state index contributed by atoms with van der Waals surface area (Å²) >= 11 is 0. The van der Waals surface area contributed by atoms with E-state index in [1.165, 1.54) is 25.8 Å². The van der Waals surface area contributed by atoms with Crippen molar-refractivity contribution in [2.45, 2.75) is 38.1 Å². The van der Waals surface area contributed by atoms with Crippen LogP contribution in [0.1, 0.15) is 32.1 Å². The van der Waals surface area contributed by atoms with E-state index in [0.717, 1.165) is 25.9 Å². The summed E-state index contributed by atoms with van der Waals surface area (Å²) in [5.41, 5.74) is 0. The van der Waals surface area contributed by atoms with Gasteiger partial charge in [0, 0.05) is 19.0 Å². The standard InChI is InChI=1S/C11H20N2/c1-2-3-5-8-12-10-11-7-4-6-9-13-11/h1,11-13H,3-10H2. The highest BCUT2D eigenvalue weighted by molar-refractivity contribution is 4.83. The van der Waals surface area contributed by atoms with Crippen LogP contribution in [-0.2, 0) is 0 Å². The molecule has 0 aliphatic carbocycles. The van der Waals surface area contributed by atoms with Gasteiger partial charge in [-0.3, -0.25) is 0 Å². The van der Waals surface area contributed by atoms with Crippen LogP contribution in [0.15, 0.2) is 0 Å². The van der Waals surface area contributed by atoms with Gasteiger partial charge >= 0.3 is 0 Å². The van der Waals surface area contributed by atoms with E-state index in [-0.39, 0.29) is 0 Å². The monoisotopic (exact) mass is 180 g/mol. The van der Waals surface area contributed by atoms with Gasteiger partial charge in [-0.05, 0) is 32.4 Å². The zero-order valence-electron chi connectivity index (χ0n) is 8.31. The summed E-state index contributed by atoms with van der Waals surface area (Å²) in [5.74, 6) is 2.65. The highest BCUT2D eigenvalue weighted by Gasteiger charge is 2.10. The first-order valence-corrected chi connectivity index (χ1v) is 5.31. The maximum absolute atomic E-state index is 5.16. The summed E-state index contributed by atoms with van der Waals surface area (Å²) in [6.07, 6.45) is 11.2. The second-order valence-electron chi connectivity index (χ2n) is 3.66. The largest absolute Gasteiger partial charge is 0.315 e. The molecule has 2 heteroatoms. The Kier molecular flexibility index (Phi) is 5.64. The summed E-state index contributed by atoms with van der Waals surface area (Å²) in [6.45, 7) is 3.35. The molecule has 0 radical (unpaired) electrons. The zero-order valence-corrected chi connectivity index (χ0v) is 8.31. The van der Waals surface area contributed by atoms with E-state index in [2.05, 4.69) is 16.6 Å². The summed E-state index contributed by atoms with van der Waals surface area (Å²) in [7, 11) is 0. The van der Waals surface area contributed by atoms with Crippen LogP contribution < -0.4 is 10.6 Å². The summed E-state index contributed by atoms with van der Waals surface area (Å²) in [4.78, 5) is 0. The van der Waals surface area contributed by atoms with Gasteiger partial charge in [0.25, 0.3) is 0 Å². The second kappa shape index (κ2) is 6.94. The van der Waals surface area contributed by atoms with E-state index in [0.29, 0.717) is 6.04 Å². The average Bonchev–Trinajstić information content (AvgIpc) is 2.19. The molecule has 1 unspecified atom stereocenters.